The van der Waals surface area contributed by atoms with Gasteiger partial charge in [0.05, 0.1) is 17.5 Å². The molecule has 0 aliphatic heterocycles. The minimum atomic E-state index is -0.637. The quantitative estimate of drug-likeness (QED) is 0.734. The molecular weight excluding hydrogens is 346 g/mol. The van der Waals surface area contributed by atoms with Crippen molar-refractivity contribution in [3.63, 3.8) is 0 Å². The molecule has 1 aromatic carbocycles. The normalized spacial score (nSPS) is 22.2. The van der Waals surface area contributed by atoms with Gasteiger partial charge in [-0.05, 0) is 43.2 Å². The summed E-state index contributed by atoms with van der Waals surface area (Å²) < 4.78 is 7.10. The van der Waals surface area contributed by atoms with E-state index in [0.717, 1.165) is 0 Å². The van der Waals surface area contributed by atoms with Gasteiger partial charge in [0, 0.05) is 24.5 Å². The van der Waals surface area contributed by atoms with Crippen LogP contribution in [0.4, 0.5) is 0 Å². The summed E-state index contributed by atoms with van der Waals surface area (Å²) in [6.07, 6.45) is 4.19. The van der Waals surface area contributed by atoms with Crippen molar-refractivity contribution in [1.29, 1.82) is 0 Å². The minimum Gasteiger partial charge on any atom is -0.417 e. The molecule has 1 saturated carbocycles. The van der Waals surface area contributed by atoms with Crippen LogP contribution in [0, 0.1) is 12.8 Å². The minimum absolute atomic E-state index is 0.00132. The van der Waals surface area contributed by atoms with E-state index >= 15 is 0 Å². The van der Waals surface area contributed by atoms with Crippen molar-refractivity contribution in [2.45, 2.75) is 38.5 Å². The number of nitrogens with zero attached hydrogens (tertiary/aromatic N) is 2. The van der Waals surface area contributed by atoms with Gasteiger partial charge in [0.25, 0.3) is 5.91 Å². The van der Waals surface area contributed by atoms with Crippen LogP contribution in [0.3, 0.4) is 0 Å². The summed E-state index contributed by atoms with van der Waals surface area (Å²) in [5.74, 6) is -0.254. The first kappa shape index (κ1) is 17.5. The van der Waals surface area contributed by atoms with Crippen LogP contribution in [0.15, 0.2) is 51.9 Å². The molecule has 2 aromatic heterocycles. The fraction of sp³-hybridized carbons (Fsp3) is 0.350. The van der Waals surface area contributed by atoms with Crippen LogP contribution in [0.5, 0.6) is 0 Å². The summed E-state index contributed by atoms with van der Waals surface area (Å²) >= 11 is 0. The summed E-state index contributed by atoms with van der Waals surface area (Å²) in [6, 6.07) is 8.52. The molecule has 3 atom stereocenters. The molecule has 2 heterocycles. The number of nitrogens with one attached hydrogen (secondary N) is 1. The Kier molecular flexibility index (Phi) is 4.53. The van der Waals surface area contributed by atoms with Gasteiger partial charge in [-0.3, -0.25) is 9.48 Å². The highest BCUT2D eigenvalue weighted by atomic mass is 16.4. The fourth-order valence-corrected chi connectivity index (χ4v) is 3.88. The maximum Gasteiger partial charge on any atom is 0.344 e. The van der Waals surface area contributed by atoms with Crippen LogP contribution in [-0.2, 0) is 6.54 Å². The van der Waals surface area contributed by atoms with Gasteiger partial charge >= 0.3 is 5.63 Å². The largest absolute Gasteiger partial charge is 0.417 e. The van der Waals surface area contributed by atoms with E-state index < -0.39 is 17.6 Å². The van der Waals surface area contributed by atoms with Crippen molar-refractivity contribution in [2.75, 3.05) is 0 Å². The lowest BCUT2D eigenvalue weighted by atomic mass is 10.1. The molecule has 27 heavy (non-hydrogen) atoms. The zero-order chi connectivity index (χ0) is 19.0. The van der Waals surface area contributed by atoms with Gasteiger partial charge in [-0.1, -0.05) is 18.2 Å². The first-order valence-corrected chi connectivity index (χ1v) is 9.01. The Morgan fingerprint density at radius 3 is 2.81 bits per heavy atom. The van der Waals surface area contributed by atoms with Gasteiger partial charge in [0.2, 0.25) is 0 Å². The Morgan fingerprint density at radius 1 is 1.30 bits per heavy atom. The number of carbonyl (C=O) groups is 1. The molecule has 140 valence electrons. The van der Waals surface area contributed by atoms with Gasteiger partial charge in [-0.15, -0.1) is 0 Å². The molecule has 1 aliphatic carbocycles. The third kappa shape index (κ3) is 3.38. The second-order valence-electron chi connectivity index (χ2n) is 7.10. The van der Waals surface area contributed by atoms with Crippen LogP contribution in [0.25, 0.3) is 10.8 Å². The second-order valence-corrected chi connectivity index (χ2v) is 7.10. The molecule has 1 unspecified atom stereocenters. The number of aryl methyl sites for hydroxylation is 1. The molecule has 3 aromatic rings. The molecule has 4 rings (SSSR count). The van der Waals surface area contributed by atoms with E-state index in [1.54, 1.807) is 31.3 Å². The lowest BCUT2D eigenvalue weighted by molar-refractivity contribution is 0.0841. The molecule has 7 heteroatoms. The predicted molar refractivity (Wildman–Crippen MR) is 99.4 cm³/mol. The number of amides is 1. The number of aliphatic hydroxyl groups excluding tert-OH is 1. The number of rotatable bonds is 4. The summed E-state index contributed by atoms with van der Waals surface area (Å²) in [7, 11) is 0. The van der Waals surface area contributed by atoms with E-state index in [0.29, 0.717) is 35.7 Å². The zero-order valence-corrected chi connectivity index (χ0v) is 15.0. The Bertz CT molecular complexity index is 1030. The molecule has 0 bridgehead atoms. The van der Waals surface area contributed by atoms with E-state index in [4.69, 9.17) is 4.42 Å². The van der Waals surface area contributed by atoms with Gasteiger partial charge in [-0.25, -0.2) is 4.79 Å². The van der Waals surface area contributed by atoms with Crippen LogP contribution in [-0.4, -0.2) is 32.9 Å². The van der Waals surface area contributed by atoms with Crippen molar-refractivity contribution in [1.82, 2.24) is 15.1 Å². The number of aliphatic hydroxyl groups is 1. The van der Waals surface area contributed by atoms with Crippen LogP contribution >= 0.6 is 0 Å². The van der Waals surface area contributed by atoms with E-state index in [1.165, 1.54) is 0 Å². The number of fused-ring (bicyclic) bond motifs is 1. The molecule has 0 radical (unpaired) electrons. The molecule has 1 fully saturated rings. The van der Waals surface area contributed by atoms with E-state index in [1.807, 2.05) is 23.0 Å². The lowest BCUT2D eigenvalue weighted by Gasteiger charge is -2.17. The zero-order valence-electron chi connectivity index (χ0n) is 15.0. The summed E-state index contributed by atoms with van der Waals surface area (Å²) in [4.78, 5) is 24.9. The molecular formula is C20H21N3O4. The summed E-state index contributed by atoms with van der Waals surface area (Å²) in [6.45, 7) is 2.45. The molecule has 1 aliphatic rings. The lowest BCUT2D eigenvalue weighted by Crippen LogP contribution is -2.40. The number of hydrogen-bond acceptors (Lipinski definition) is 5. The second kappa shape index (κ2) is 7.00. The van der Waals surface area contributed by atoms with Crippen molar-refractivity contribution in [2.24, 2.45) is 5.92 Å². The van der Waals surface area contributed by atoms with Crippen molar-refractivity contribution < 1.29 is 14.3 Å². The Balaban J connectivity index is 1.51. The number of hydrogen-bond donors (Lipinski definition) is 2. The van der Waals surface area contributed by atoms with Crippen LogP contribution in [0.1, 0.15) is 29.0 Å². The van der Waals surface area contributed by atoms with E-state index in [2.05, 4.69) is 10.4 Å². The monoisotopic (exact) mass is 367 g/mol. The number of aromatic nitrogens is 2. The van der Waals surface area contributed by atoms with E-state index in [-0.39, 0.29) is 17.7 Å². The fourth-order valence-electron chi connectivity index (χ4n) is 3.88. The predicted octanol–water partition coefficient (Wildman–Crippen LogP) is 1.87. The highest BCUT2D eigenvalue weighted by Crippen LogP contribution is 2.28. The first-order chi connectivity index (χ1) is 13.0. The average Bonchev–Trinajstić information content (AvgIpc) is 3.28. The standard InChI is InChI=1S/C20H21N3O4/c1-12-14-5-2-3-6-15(14)20(26)27-18(12)19(25)22-16-9-13(10-17(16)24)11-23-8-4-7-21-23/h2-8,13,16-17,24H,9-11H2,1H3,(H,22,25)/t13?,16-,17-/m1/s1. The number of benzene rings is 1. The van der Waals surface area contributed by atoms with Crippen molar-refractivity contribution in [3.8, 4) is 0 Å². The van der Waals surface area contributed by atoms with Crippen LogP contribution < -0.4 is 10.9 Å². The molecule has 7 nitrogen and oxygen atoms in total. The van der Waals surface area contributed by atoms with Gasteiger partial charge in [0.1, 0.15) is 0 Å². The number of carbonyl (C=O) groups excluding carboxylic acids is 1. The average molecular weight is 367 g/mol. The van der Waals surface area contributed by atoms with Gasteiger partial charge in [-0.2, -0.15) is 5.10 Å². The highest BCUT2D eigenvalue weighted by molar-refractivity contribution is 5.98. The Morgan fingerprint density at radius 2 is 2.07 bits per heavy atom. The molecule has 0 saturated heterocycles. The molecule has 1 amide bonds. The maximum atomic E-state index is 12.7. The third-order valence-corrected chi connectivity index (χ3v) is 5.24. The maximum absolute atomic E-state index is 12.7. The summed E-state index contributed by atoms with van der Waals surface area (Å²) in [5.41, 5.74) is 0.0770. The van der Waals surface area contributed by atoms with Gasteiger partial charge in [0.15, 0.2) is 5.76 Å². The van der Waals surface area contributed by atoms with Crippen LogP contribution in [0.2, 0.25) is 0 Å². The van der Waals surface area contributed by atoms with Gasteiger partial charge < -0.3 is 14.8 Å². The van der Waals surface area contributed by atoms with E-state index in [9.17, 15) is 14.7 Å². The third-order valence-electron chi connectivity index (χ3n) is 5.24. The first-order valence-electron chi connectivity index (χ1n) is 9.01. The van der Waals surface area contributed by atoms with Crippen molar-refractivity contribution in [3.05, 3.63) is 64.5 Å². The highest BCUT2D eigenvalue weighted by Gasteiger charge is 2.35. The summed E-state index contributed by atoms with van der Waals surface area (Å²) in [5, 5.41) is 18.5. The smallest absolute Gasteiger partial charge is 0.344 e. The topological polar surface area (TPSA) is 97.4 Å². The Labute approximate surface area is 155 Å². The molecule has 0 spiro atoms. The Hall–Kier alpha value is -2.93. The molecule has 2 N–H and O–H groups in total. The SMILES string of the molecule is Cc1c(C(=O)N[C@@H]2CC(Cn3cccn3)C[C@H]2O)oc(=O)c2ccccc12. The van der Waals surface area contributed by atoms with Crippen molar-refractivity contribution >= 4 is 16.7 Å².